The highest BCUT2D eigenvalue weighted by Gasteiger charge is 2.22. The molecule has 0 aliphatic rings. The lowest BCUT2D eigenvalue weighted by Gasteiger charge is -2.06. The van der Waals surface area contributed by atoms with Gasteiger partial charge in [0.2, 0.25) is 0 Å². The van der Waals surface area contributed by atoms with Gasteiger partial charge in [0.05, 0.1) is 17.1 Å². The van der Waals surface area contributed by atoms with Crippen molar-refractivity contribution in [1.29, 1.82) is 0 Å². The predicted octanol–water partition coefficient (Wildman–Crippen LogP) is 0.143. The molecule has 18 heavy (non-hydrogen) atoms. The number of H-pyrrole nitrogens is 1. The number of nitrogen functional groups attached to an aromatic ring is 1. The average molecular weight is 270 g/mol. The molecule has 98 valence electrons. The minimum absolute atomic E-state index is 0.0381. The number of hydrogen-bond donors (Lipinski definition) is 3. The van der Waals surface area contributed by atoms with Crippen molar-refractivity contribution in [3.8, 4) is 0 Å². The molecular formula is C9H14N6O2S. The van der Waals surface area contributed by atoms with E-state index in [1.807, 2.05) is 0 Å². The molecule has 2 aromatic rings. The van der Waals surface area contributed by atoms with Crippen LogP contribution in [-0.4, -0.2) is 28.4 Å². The highest BCUT2D eigenvalue weighted by atomic mass is 32.2. The molecule has 0 atom stereocenters. The fourth-order valence-corrected chi connectivity index (χ4v) is 2.87. The number of anilines is 2. The highest BCUT2D eigenvalue weighted by molar-refractivity contribution is 7.92. The van der Waals surface area contributed by atoms with Crippen LogP contribution in [0.3, 0.4) is 0 Å². The number of nitrogens with two attached hydrogens (primary N) is 1. The summed E-state index contributed by atoms with van der Waals surface area (Å²) in [6, 6.07) is 0. The SMILES string of the molecule is Cc1n[nH]c(C)c1NS(=O)(=O)c1cn(C)nc1N. The fourth-order valence-electron chi connectivity index (χ4n) is 1.58. The molecule has 8 nitrogen and oxygen atoms in total. The summed E-state index contributed by atoms with van der Waals surface area (Å²) in [6.07, 6.45) is 1.35. The van der Waals surface area contributed by atoms with Crippen molar-refractivity contribution in [3.63, 3.8) is 0 Å². The van der Waals surface area contributed by atoms with Crippen molar-refractivity contribution >= 4 is 21.5 Å². The predicted molar refractivity (Wildman–Crippen MR) is 66.5 cm³/mol. The standard InChI is InChI=1S/C9H14N6O2S/c1-5-8(6(2)12-11-5)14-18(16,17)7-4-15(3)13-9(7)10/h4,14H,1-3H3,(H2,10,13)(H,11,12). The van der Waals surface area contributed by atoms with Crippen LogP contribution in [0.2, 0.25) is 0 Å². The van der Waals surface area contributed by atoms with Crippen molar-refractivity contribution in [2.45, 2.75) is 18.7 Å². The molecule has 0 aliphatic heterocycles. The average Bonchev–Trinajstić information content (AvgIpc) is 2.75. The largest absolute Gasteiger partial charge is 0.381 e. The van der Waals surface area contributed by atoms with Gasteiger partial charge in [0.15, 0.2) is 5.82 Å². The van der Waals surface area contributed by atoms with Gasteiger partial charge in [-0.3, -0.25) is 14.5 Å². The molecular weight excluding hydrogens is 256 g/mol. The molecule has 0 spiro atoms. The molecule has 0 saturated heterocycles. The van der Waals surface area contributed by atoms with E-state index in [1.165, 1.54) is 10.9 Å². The monoisotopic (exact) mass is 270 g/mol. The Labute approximate surface area is 104 Å². The number of hydrogen-bond acceptors (Lipinski definition) is 5. The van der Waals surface area contributed by atoms with Crippen molar-refractivity contribution in [2.75, 3.05) is 10.5 Å². The maximum atomic E-state index is 12.2. The minimum Gasteiger partial charge on any atom is -0.381 e. The second-order valence-electron chi connectivity index (χ2n) is 3.97. The Kier molecular flexibility index (Phi) is 2.77. The fraction of sp³-hybridized carbons (Fsp3) is 0.333. The third kappa shape index (κ3) is 2.04. The van der Waals surface area contributed by atoms with E-state index in [0.717, 1.165) is 0 Å². The smallest absolute Gasteiger partial charge is 0.267 e. The molecule has 0 saturated carbocycles. The molecule has 2 aromatic heterocycles. The van der Waals surface area contributed by atoms with E-state index < -0.39 is 10.0 Å². The first kappa shape index (κ1) is 12.4. The second kappa shape index (κ2) is 4.02. The quantitative estimate of drug-likeness (QED) is 0.733. The number of nitrogens with zero attached hydrogens (tertiary/aromatic N) is 3. The Hall–Kier alpha value is -2.03. The van der Waals surface area contributed by atoms with Crippen LogP contribution in [0.5, 0.6) is 0 Å². The summed E-state index contributed by atoms with van der Waals surface area (Å²) in [5.41, 5.74) is 7.19. The highest BCUT2D eigenvalue weighted by Crippen LogP contribution is 2.23. The van der Waals surface area contributed by atoms with Crippen LogP contribution in [0, 0.1) is 13.8 Å². The number of aromatic amines is 1. The van der Waals surface area contributed by atoms with Gasteiger partial charge < -0.3 is 5.73 Å². The lowest BCUT2D eigenvalue weighted by Crippen LogP contribution is -2.14. The first-order valence-electron chi connectivity index (χ1n) is 5.15. The first-order chi connectivity index (χ1) is 8.31. The Bertz CT molecular complexity index is 664. The molecule has 0 aliphatic carbocycles. The number of aromatic nitrogens is 4. The third-order valence-electron chi connectivity index (χ3n) is 2.48. The molecule has 0 bridgehead atoms. The molecule has 2 rings (SSSR count). The summed E-state index contributed by atoms with van der Waals surface area (Å²) in [6.45, 7) is 3.43. The molecule has 0 radical (unpaired) electrons. The second-order valence-corrected chi connectivity index (χ2v) is 5.62. The van der Waals surface area contributed by atoms with Gasteiger partial charge in [-0.15, -0.1) is 0 Å². The van der Waals surface area contributed by atoms with Gasteiger partial charge in [-0.2, -0.15) is 10.2 Å². The number of aryl methyl sites for hydroxylation is 3. The van der Waals surface area contributed by atoms with Crippen molar-refractivity contribution < 1.29 is 8.42 Å². The van der Waals surface area contributed by atoms with Crippen LogP contribution >= 0.6 is 0 Å². The summed E-state index contributed by atoms with van der Waals surface area (Å²) >= 11 is 0. The van der Waals surface area contributed by atoms with Crippen LogP contribution < -0.4 is 10.5 Å². The number of rotatable bonds is 3. The van der Waals surface area contributed by atoms with Gasteiger partial charge in [0.1, 0.15) is 4.90 Å². The van der Waals surface area contributed by atoms with E-state index in [9.17, 15) is 8.42 Å². The molecule has 2 heterocycles. The maximum Gasteiger partial charge on any atom is 0.267 e. The molecule has 9 heteroatoms. The van der Waals surface area contributed by atoms with E-state index in [4.69, 9.17) is 5.73 Å². The minimum atomic E-state index is -3.76. The summed E-state index contributed by atoms with van der Waals surface area (Å²) in [5, 5.41) is 10.4. The topological polar surface area (TPSA) is 119 Å². The van der Waals surface area contributed by atoms with Gasteiger partial charge >= 0.3 is 0 Å². The summed E-state index contributed by atoms with van der Waals surface area (Å²) in [5.74, 6) is -0.0381. The van der Waals surface area contributed by atoms with E-state index >= 15 is 0 Å². The Morgan fingerprint density at radius 3 is 2.56 bits per heavy atom. The third-order valence-corrected chi connectivity index (χ3v) is 3.84. The molecule has 0 amide bonds. The van der Waals surface area contributed by atoms with Crippen molar-refractivity contribution in [1.82, 2.24) is 20.0 Å². The maximum absolute atomic E-state index is 12.2. The van der Waals surface area contributed by atoms with Gasteiger partial charge in [-0.1, -0.05) is 0 Å². The van der Waals surface area contributed by atoms with Gasteiger partial charge in [-0.05, 0) is 13.8 Å². The van der Waals surface area contributed by atoms with E-state index in [2.05, 4.69) is 20.0 Å². The zero-order valence-corrected chi connectivity index (χ0v) is 11.0. The Morgan fingerprint density at radius 2 is 2.11 bits per heavy atom. The van der Waals surface area contributed by atoms with Gasteiger partial charge in [0, 0.05) is 13.2 Å². The number of nitrogens with one attached hydrogen (secondary N) is 2. The summed E-state index contributed by atoms with van der Waals surface area (Å²) < 4.78 is 28.1. The van der Waals surface area contributed by atoms with Crippen molar-refractivity contribution in [3.05, 3.63) is 17.6 Å². The lowest BCUT2D eigenvalue weighted by molar-refractivity contribution is 0.601. The normalized spacial score (nSPS) is 11.7. The van der Waals surface area contributed by atoms with Gasteiger partial charge in [0.25, 0.3) is 10.0 Å². The summed E-state index contributed by atoms with van der Waals surface area (Å²) in [7, 11) is -2.16. The van der Waals surface area contributed by atoms with E-state index in [1.54, 1.807) is 20.9 Å². The van der Waals surface area contributed by atoms with Crippen LogP contribution in [0.15, 0.2) is 11.1 Å². The molecule has 4 N–H and O–H groups in total. The number of sulfonamides is 1. The zero-order valence-electron chi connectivity index (χ0n) is 10.2. The van der Waals surface area contributed by atoms with Crippen LogP contribution in [0.25, 0.3) is 0 Å². The van der Waals surface area contributed by atoms with E-state index in [0.29, 0.717) is 17.1 Å². The molecule has 0 unspecified atom stereocenters. The van der Waals surface area contributed by atoms with Crippen LogP contribution in [0.4, 0.5) is 11.5 Å². The van der Waals surface area contributed by atoms with Gasteiger partial charge in [-0.25, -0.2) is 8.42 Å². The van der Waals surface area contributed by atoms with Crippen molar-refractivity contribution in [2.24, 2.45) is 7.05 Å². The van der Waals surface area contributed by atoms with Crippen LogP contribution in [-0.2, 0) is 17.1 Å². The van der Waals surface area contributed by atoms with Crippen LogP contribution in [0.1, 0.15) is 11.4 Å². The zero-order chi connectivity index (χ0) is 13.5. The summed E-state index contributed by atoms with van der Waals surface area (Å²) in [4.78, 5) is -0.0509. The molecule has 0 aromatic carbocycles. The van der Waals surface area contributed by atoms with E-state index in [-0.39, 0.29) is 10.7 Å². The molecule has 0 fully saturated rings. The first-order valence-corrected chi connectivity index (χ1v) is 6.63. The lowest BCUT2D eigenvalue weighted by atomic mass is 10.3. The Morgan fingerprint density at radius 1 is 1.44 bits per heavy atom. The Balaban J connectivity index is 2.42.